The van der Waals surface area contributed by atoms with Gasteiger partial charge in [-0.3, -0.25) is 4.79 Å². The van der Waals surface area contributed by atoms with Crippen molar-refractivity contribution < 1.29 is 4.79 Å². The Morgan fingerprint density at radius 3 is 2.50 bits per heavy atom. The van der Waals surface area contributed by atoms with Crippen LogP contribution in [0.5, 0.6) is 0 Å². The Hall–Kier alpha value is -2.25. The van der Waals surface area contributed by atoms with Crippen LogP contribution in [0.1, 0.15) is 5.56 Å². The Balaban J connectivity index is 1.68. The molecule has 0 saturated heterocycles. The number of alkyl halides is 3. The number of aromatic nitrogens is 1. The summed E-state index contributed by atoms with van der Waals surface area (Å²) in [6.45, 7) is 0. The number of aryl methyl sites for hydroxylation is 1. The van der Waals surface area contributed by atoms with Crippen molar-refractivity contribution >= 4 is 80.7 Å². The van der Waals surface area contributed by atoms with Gasteiger partial charge in [-0.25, -0.2) is 0 Å². The van der Waals surface area contributed by atoms with Crippen molar-refractivity contribution in [1.29, 1.82) is 0 Å². The van der Waals surface area contributed by atoms with Crippen LogP contribution in [0, 0.1) is 0 Å². The summed E-state index contributed by atoms with van der Waals surface area (Å²) in [7, 11) is 1.94. The molecule has 2 aromatic carbocycles. The summed E-state index contributed by atoms with van der Waals surface area (Å²) in [4.78, 5) is 12.3. The van der Waals surface area contributed by atoms with Gasteiger partial charge in [-0.1, -0.05) is 77.3 Å². The van der Waals surface area contributed by atoms with Crippen LogP contribution in [0.25, 0.3) is 17.0 Å². The second kappa shape index (κ2) is 9.71. The number of nitrogens with zero attached hydrogens (tertiary/aromatic N) is 1. The fraction of sp³-hybridized carbons (Fsp3) is 0.143. The fourth-order valence-electron chi connectivity index (χ4n) is 2.87. The zero-order chi connectivity index (χ0) is 21.7. The van der Waals surface area contributed by atoms with Crippen LogP contribution in [0.2, 0.25) is 0 Å². The molecule has 5 nitrogen and oxygen atoms in total. The summed E-state index contributed by atoms with van der Waals surface area (Å²) in [6, 6.07) is 17.2. The number of rotatable bonds is 5. The Kier molecular flexibility index (Phi) is 7.26. The molecule has 0 aliphatic rings. The number of para-hydroxylation sites is 1. The van der Waals surface area contributed by atoms with Gasteiger partial charge in [-0.05, 0) is 36.0 Å². The zero-order valence-electron chi connectivity index (χ0n) is 15.9. The SMILES string of the molecule is Cn1ccc2cccc(NC(=S)NC(NC(=O)/C=C/c3ccccc3)C(Cl)(Cl)Cl)c21. The lowest BCUT2D eigenvalue weighted by atomic mass is 10.2. The van der Waals surface area contributed by atoms with Gasteiger partial charge in [-0.2, -0.15) is 0 Å². The minimum Gasteiger partial charge on any atom is -0.349 e. The molecule has 0 aliphatic carbocycles. The molecular weight excluding hydrogens is 463 g/mol. The Morgan fingerprint density at radius 2 is 1.80 bits per heavy atom. The molecule has 3 rings (SSSR count). The van der Waals surface area contributed by atoms with Gasteiger partial charge in [-0.15, -0.1) is 0 Å². The number of amides is 1. The number of hydrogen-bond donors (Lipinski definition) is 3. The molecular formula is C21H19Cl3N4OS. The van der Waals surface area contributed by atoms with E-state index in [4.69, 9.17) is 47.0 Å². The number of carbonyl (C=O) groups is 1. The average molecular weight is 482 g/mol. The van der Waals surface area contributed by atoms with Gasteiger partial charge < -0.3 is 20.5 Å². The highest BCUT2D eigenvalue weighted by Crippen LogP contribution is 2.29. The Morgan fingerprint density at radius 1 is 1.07 bits per heavy atom. The highest BCUT2D eigenvalue weighted by Gasteiger charge is 2.34. The van der Waals surface area contributed by atoms with E-state index in [1.807, 2.05) is 72.4 Å². The highest BCUT2D eigenvalue weighted by atomic mass is 35.6. The number of carbonyl (C=O) groups excluding carboxylic acids is 1. The van der Waals surface area contributed by atoms with Gasteiger partial charge in [0.05, 0.1) is 11.2 Å². The van der Waals surface area contributed by atoms with E-state index >= 15 is 0 Å². The summed E-state index contributed by atoms with van der Waals surface area (Å²) >= 11 is 23.5. The Labute approximate surface area is 195 Å². The van der Waals surface area contributed by atoms with E-state index < -0.39 is 15.9 Å². The van der Waals surface area contributed by atoms with Gasteiger partial charge >= 0.3 is 0 Å². The first-order valence-electron chi connectivity index (χ1n) is 8.96. The van der Waals surface area contributed by atoms with E-state index in [0.29, 0.717) is 0 Å². The first kappa shape index (κ1) is 22.4. The molecule has 0 bridgehead atoms. The molecule has 1 aromatic heterocycles. The van der Waals surface area contributed by atoms with Crippen molar-refractivity contribution in [3.05, 3.63) is 72.4 Å². The average Bonchev–Trinajstić information content (AvgIpc) is 3.08. The van der Waals surface area contributed by atoms with E-state index in [-0.39, 0.29) is 5.11 Å². The number of thiocarbonyl (C=S) groups is 1. The lowest BCUT2D eigenvalue weighted by molar-refractivity contribution is -0.117. The minimum atomic E-state index is -1.83. The van der Waals surface area contributed by atoms with E-state index in [2.05, 4.69) is 16.0 Å². The maximum absolute atomic E-state index is 12.3. The molecule has 1 amide bonds. The molecule has 1 unspecified atom stereocenters. The van der Waals surface area contributed by atoms with Crippen LogP contribution in [0.15, 0.2) is 66.9 Å². The quantitative estimate of drug-likeness (QED) is 0.208. The van der Waals surface area contributed by atoms with Crippen LogP contribution in [0.3, 0.4) is 0 Å². The van der Waals surface area contributed by atoms with Crippen molar-refractivity contribution in [2.45, 2.75) is 9.96 Å². The largest absolute Gasteiger partial charge is 0.349 e. The van der Waals surface area contributed by atoms with Crippen molar-refractivity contribution in [1.82, 2.24) is 15.2 Å². The highest BCUT2D eigenvalue weighted by molar-refractivity contribution is 7.80. The topological polar surface area (TPSA) is 58.1 Å². The first-order valence-corrected chi connectivity index (χ1v) is 10.5. The third-order valence-electron chi connectivity index (χ3n) is 4.26. The molecule has 0 spiro atoms. The molecule has 156 valence electrons. The minimum absolute atomic E-state index is 0.201. The number of hydrogen-bond acceptors (Lipinski definition) is 2. The van der Waals surface area contributed by atoms with Crippen LogP contribution >= 0.6 is 47.0 Å². The van der Waals surface area contributed by atoms with E-state index in [9.17, 15) is 4.79 Å². The summed E-state index contributed by atoms with van der Waals surface area (Å²) in [5.41, 5.74) is 2.64. The maximum Gasteiger partial charge on any atom is 0.245 e. The number of nitrogens with one attached hydrogen (secondary N) is 3. The number of halogens is 3. The van der Waals surface area contributed by atoms with Crippen LogP contribution in [0.4, 0.5) is 5.69 Å². The molecule has 9 heteroatoms. The Bertz CT molecular complexity index is 1080. The number of fused-ring (bicyclic) bond motifs is 1. The van der Waals surface area contributed by atoms with Crippen molar-refractivity contribution in [3.63, 3.8) is 0 Å². The molecule has 0 fully saturated rings. The third-order valence-corrected chi connectivity index (χ3v) is 5.14. The second-order valence-electron chi connectivity index (χ2n) is 6.50. The smallest absolute Gasteiger partial charge is 0.245 e. The van der Waals surface area contributed by atoms with Crippen LogP contribution < -0.4 is 16.0 Å². The van der Waals surface area contributed by atoms with Crippen LogP contribution in [-0.4, -0.2) is 25.5 Å². The fourth-order valence-corrected chi connectivity index (χ4v) is 3.43. The summed E-state index contributed by atoms with van der Waals surface area (Å²) < 4.78 is 0.141. The summed E-state index contributed by atoms with van der Waals surface area (Å²) in [5.74, 6) is -0.435. The normalized spacial score (nSPS) is 12.7. The van der Waals surface area contributed by atoms with E-state index in [0.717, 1.165) is 22.2 Å². The van der Waals surface area contributed by atoms with E-state index in [1.54, 1.807) is 6.08 Å². The van der Waals surface area contributed by atoms with Gasteiger partial charge in [0.25, 0.3) is 0 Å². The molecule has 0 radical (unpaired) electrons. The molecule has 3 aromatic rings. The van der Waals surface area contributed by atoms with Crippen molar-refractivity contribution in [3.8, 4) is 0 Å². The first-order chi connectivity index (χ1) is 14.2. The summed E-state index contributed by atoms with van der Waals surface area (Å²) in [6.07, 6.45) is 3.93. The predicted molar refractivity (Wildman–Crippen MR) is 130 cm³/mol. The lowest BCUT2D eigenvalue weighted by Crippen LogP contribution is -2.55. The van der Waals surface area contributed by atoms with Crippen molar-refractivity contribution in [2.75, 3.05) is 5.32 Å². The summed E-state index contributed by atoms with van der Waals surface area (Å²) in [5, 5.41) is 9.84. The van der Waals surface area contributed by atoms with Crippen molar-refractivity contribution in [2.24, 2.45) is 7.05 Å². The van der Waals surface area contributed by atoms with E-state index in [1.165, 1.54) is 6.08 Å². The second-order valence-corrected chi connectivity index (χ2v) is 9.27. The number of anilines is 1. The molecule has 30 heavy (non-hydrogen) atoms. The number of benzene rings is 2. The third kappa shape index (κ3) is 5.89. The standard InChI is InChI=1S/C21H19Cl3N4OS/c1-28-13-12-15-8-5-9-16(18(15)28)25-20(30)27-19(21(22,23)24)26-17(29)11-10-14-6-3-2-4-7-14/h2-13,19H,1H3,(H,26,29)(H2,25,27,30)/b11-10+. The molecule has 1 atom stereocenters. The van der Waals surface area contributed by atoms with Gasteiger partial charge in [0.1, 0.15) is 6.17 Å². The maximum atomic E-state index is 12.3. The van der Waals surface area contributed by atoms with Crippen LogP contribution in [-0.2, 0) is 11.8 Å². The zero-order valence-corrected chi connectivity index (χ0v) is 19.0. The van der Waals surface area contributed by atoms with Gasteiger partial charge in [0.2, 0.25) is 9.70 Å². The molecule has 0 saturated carbocycles. The monoisotopic (exact) mass is 480 g/mol. The predicted octanol–water partition coefficient (Wildman–Crippen LogP) is 4.99. The van der Waals surface area contributed by atoms with Gasteiger partial charge in [0, 0.05) is 24.7 Å². The molecule has 1 heterocycles. The lowest BCUT2D eigenvalue weighted by Gasteiger charge is -2.27. The molecule has 0 aliphatic heterocycles. The van der Waals surface area contributed by atoms with Gasteiger partial charge in [0.15, 0.2) is 5.11 Å². The molecule has 3 N–H and O–H groups in total.